The maximum Gasteiger partial charge on any atom is 0.157 e. The Labute approximate surface area is 443 Å². The van der Waals surface area contributed by atoms with Crippen molar-refractivity contribution in [1.82, 2.24) is 0 Å². The molecule has 11 aromatic carbocycles. The zero-order valence-corrected chi connectivity index (χ0v) is 43.5. The van der Waals surface area contributed by atoms with Crippen molar-refractivity contribution in [1.29, 1.82) is 5.26 Å². The summed E-state index contributed by atoms with van der Waals surface area (Å²) in [5, 5.41) is 18.8. The minimum absolute atomic E-state index is 0.120. The first-order valence-corrected chi connectivity index (χ1v) is 26.1. The summed E-state index contributed by atoms with van der Waals surface area (Å²) in [7, 11) is 0. The Bertz CT molecular complexity index is 4170. The van der Waals surface area contributed by atoms with Crippen LogP contribution in [0.5, 0.6) is 0 Å². The fourth-order valence-corrected chi connectivity index (χ4v) is 11.5. The van der Waals surface area contributed by atoms with E-state index in [1.165, 1.54) is 11.1 Å². The van der Waals surface area contributed by atoms with Gasteiger partial charge in [0.25, 0.3) is 0 Å². The molecule has 2 aromatic heterocycles. The number of nitriles is 1. The van der Waals surface area contributed by atoms with Crippen molar-refractivity contribution in [2.45, 2.75) is 52.4 Å². The Hall–Kier alpha value is -9.37. The van der Waals surface area contributed by atoms with Crippen LogP contribution >= 0.6 is 0 Å². The van der Waals surface area contributed by atoms with Gasteiger partial charge < -0.3 is 18.6 Å². The van der Waals surface area contributed by atoms with E-state index in [9.17, 15) is 5.26 Å². The highest BCUT2D eigenvalue weighted by Crippen LogP contribution is 2.49. The summed E-state index contributed by atoms with van der Waals surface area (Å²) in [5.41, 5.74) is 16.2. The predicted molar refractivity (Wildman–Crippen MR) is 318 cm³/mol. The highest BCUT2D eigenvalue weighted by atomic mass is 16.3. The van der Waals surface area contributed by atoms with E-state index in [-0.39, 0.29) is 10.8 Å². The lowest BCUT2D eigenvalue weighted by molar-refractivity contribution is 0.590. The van der Waals surface area contributed by atoms with Crippen molar-refractivity contribution in [3.8, 4) is 28.3 Å². The molecule has 0 saturated carbocycles. The van der Waals surface area contributed by atoms with E-state index in [2.05, 4.69) is 282 Å². The van der Waals surface area contributed by atoms with Crippen LogP contribution in [0.1, 0.15) is 58.2 Å². The van der Waals surface area contributed by atoms with Gasteiger partial charge in [-0.2, -0.15) is 5.26 Å². The minimum Gasteiger partial charge on any atom is -0.454 e. The molecule has 0 radical (unpaired) electrons. The minimum atomic E-state index is -0.120. The van der Waals surface area contributed by atoms with E-state index in [0.717, 1.165) is 99.5 Å². The second kappa shape index (κ2) is 17.9. The number of benzene rings is 11. The van der Waals surface area contributed by atoms with Crippen LogP contribution in [0, 0.1) is 11.3 Å². The van der Waals surface area contributed by atoms with Gasteiger partial charge in [-0.25, -0.2) is 0 Å². The van der Waals surface area contributed by atoms with Gasteiger partial charge in [0.1, 0.15) is 22.8 Å². The van der Waals surface area contributed by atoms with Crippen molar-refractivity contribution in [3.05, 3.63) is 241 Å². The molecule has 5 heteroatoms. The molecule has 0 spiro atoms. The average Bonchev–Trinajstić information content (AvgIpc) is 4.02. The normalized spacial score (nSPS) is 12.1. The molecule has 0 aliphatic heterocycles. The number of fused-ring (bicyclic) bond motifs is 8. The molecule has 0 bridgehead atoms. The standard InChI is InChI=1S/C71H55N3O2/c1-70(2,3)60-27-15-19-31-64(60)73(62-29-17-13-25-53(62)45-21-9-7-10-22-45)51-35-33-47-39-55-57-43-58-56-40-48-34-36-52(38-50(48)42-67(56)76-69(58)59(44-72)68(57)75-66(55)41-49(47)37-51)74(65-32-20-16-28-61(65)71(4,5)6)63-30-18-14-26-54(63)46-23-11-8-12-24-46/h7-43H,1-6H3. The Morgan fingerprint density at radius 3 is 1.14 bits per heavy atom. The quantitative estimate of drug-likeness (QED) is 0.152. The molecule has 0 atom stereocenters. The zero-order valence-electron chi connectivity index (χ0n) is 43.5. The molecule has 0 fully saturated rings. The number of nitrogens with zero attached hydrogens (tertiary/aromatic N) is 3. The van der Waals surface area contributed by atoms with Gasteiger partial charge in [-0.3, -0.25) is 0 Å². The fourth-order valence-electron chi connectivity index (χ4n) is 11.5. The van der Waals surface area contributed by atoms with Gasteiger partial charge in [-0.05, 0) is 133 Å². The van der Waals surface area contributed by atoms with Crippen LogP contribution in [-0.2, 0) is 10.8 Å². The second-order valence-electron chi connectivity index (χ2n) is 22.1. The Morgan fingerprint density at radius 1 is 0.355 bits per heavy atom. The summed E-state index contributed by atoms with van der Waals surface area (Å²) in [6.45, 7) is 13.6. The summed E-state index contributed by atoms with van der Waals surface area (Å²) < 4.78 is 13.5. The number of anilines is 6. The lowest BCUT2D eigenvalue weighted by Gasteiger charge is -2.33. The third kappa shape index (κ3) is 7.85. The second-order valence-corrected chi connectivity index (χ2v) is 22.1. The van der Waals surface area contributed by atoms with Crippen LogP contribution in [0.3, 0.4) is 0 Å². The van der Waals surface area contributed by atoms with Gasteiger partial charge in [0.05, 0.1) is 11.4 Å². The number of furan rings is 2. The van der Waals surface area contributed by atoms with Crippen LogP contribution in [0.4, 0.5) is 34.1 Å². The van der Waals surface area contributed by atoms with E-state index in [4.69, 9.17) is 8.83 Å². The Morgan fingerprint density at radius 2 is 0.737 bits per heavy atom. The van der Waals surface area contributed by atoms with Crippen LogP contribution in [-0.4, -0.2) is 0 Å². The molecule has 0 unspecified atom stereocenters. The van der Waals surface area contributed by atoms with Crippen molar-refractivity contribution in [2.24, 2.45) is 0 Å². The first-order chi connectivity index (χ1) is 36.9. The summed E-state index contributed by atoms with van der Waals surface area (Å²) in [6, 6.07) is 82.7. The maximum absolute atomic E-state index is 11.0. The molecule has 5 nitrogen and oxygen atoms in total. The highest BCUT2D eigenvalue weighted by molar-refractivity contribution is 6.21. The van der Waals surface area contributed by atoms with Crippen LogP contribution < -0.4 is 9.80 Å². The summed E-state index contributed by atoms with van der Waals surface area (Å²) in [6.07, 6.45) is 0. The molecule has 76 heavy (non-hydrogen) atoms. The van der Waals surface area contributed by atoms with Crippen LogP contribution in [0.15, 0.2) is 233 Å². The third-order valence-electron chi connectivity index (χ3n) is 15.1. The van der Waals surface area contributed by atoms with Crippen molar-refractivity contribution >= 4 is 99.5 Å². The van der Waals surface area contributed by atoms with Gasteiger partial charge in [-0.15, -0.1) is 0 Å². The number of para-hydroxylation sites is 4. The molecule has 13 rings (SSSR count). The van der Waals surface area contributed by atoms with Gasteiger partial charge in [-0.1, -0.05) is 187 Å². The van der Waals surface area contributed by atoms with Gasteiger partial charge in [0.15, 0.2) is 11.2 Å². The largest absolute Gasteiger partial charge is 0.454 e. The van der Waals surface area contributed by atoms with Crippen molar-refractivity contribution < 1.29 is 8.83 Å². The lowest BCUT2D eigenvalue weighted by atomic mass is 9.85. The lowest BCUT2D eigenvalue weighted by Crippen LogP contribution is -2.19. The molecule has 13 aromatic rings. The smallest absolute Gasteiger partial charge is 0.157 e. The van der Waals surface area contributed by atoms with Crippen molar-refractivity contribution in [3.63, 3.8) is 0 Å². The molecule has 2 heterocycles. The van der Waals surface area contributed by atoms with Gasteiger partial charge in [0.2, 0.25) is 0 Å². The van der Waals surface area contributed by atoms with Gasteiger partial charge >= 0.3 is 0 Å². The summed E-state index contributed by atoms with van der Waals surface area (Å²) in [4.78, 5) is 4.80. The molecular weight excluding hydrogens is 927 g/mol. The Kier molecular flexibility index (Phi) is 11.0. The van der Waals surface area contributed by atoms with E-state index in [0.29, 0.717) is 27.9 Å². The number of hydrogen-bond donors (Lipinski definition) is 0. The number of rotatable bonds is 8. The molecule has 0 N–H and O–H groups in total. The molecule has 0 aliphatic carbocycles. The molecule has 0 saturated heterocycles. The van der Waals surface area contributed by atoms with E-state index >= 15 is 0 Å². The van der Waals surface area contributed by atoms with Gasteiger partial charge in [0, 0.05) is 55.4 Å². The monoisotopic (exact) mass is 981 g/mol. The van der Waals surface area contributed by atoms with E-state index in [1.807, 2.05) is 0 Å². The topological polar surface area (TPSA) is 56.6 Å². The first kappa shape index (κ1) is 46.4. The molecule has 0 amide bonds. The predicted octanol–water partition coefficient (Wildman–Crippen LogP) is 20.5. The SMILES string of the molecule is CC(C)(C)c1ccccc1N(c1ccc2cc3c(cc2c1)oc1c(C#N)c2oc4cc5cc(N(c6ccccc6-c6ccccc6)c6ccccc6C(C)(C)C)ccc5cc4c2cc13)c1ccccc1-c1ccccc1. The molecular formula is C71H55N3O2. The molecule has 0 aliphatic rings. The van der Waals surface area contributed by atoms with Crippen LogP contribution in [0.25, 0.3) is 87.7 Å². The average molecular weight is 982 g/mol. The Balaban J connectivity index is 0.948. The summed E-state index contributed by atoms with van der Waals surface area (Å²) >= 11 is 0. The highest BCUT2D eigenvalue weighted by Gasteiger charge is 2.28. The summed E-state index contributed by atoms with van der Waals surface area (Å²) in [5.74, 6) is 0. The third-order valence-corrected chi connectivity index (χ3v) is 15.1. The van der Waals surface area contributed by atoms with E-state index in [1.54, 1.807) is 0 Å². The van der Waals surface area contributed by atoms with Crippen molar-refractivity contribution in [2.75, 3.05) is 9.80 Å². The van der Waals surface area contributed by atoms with E-state index < -0.39 is 0 Å². The fraction of sp³-hybridized carbons (Fsp3) is 0.113. The van der Waals surface area contributed by atoms with Crippen LogP contribution in [0.2, 0.25) is 0 Å². The maximum atomic E-state index is 11.0. The molecule has 366 valence electrons. The number of hydrogen-bond acceptors (Lipinski definition) is 5. The zero-order chi connectivity index (χ0) is 51.9. The first-order valence-electron chi connectivity index (χ1n) is 26.1.